The molecule has 0 aromatic heterocycles. The monoisotopic (exact) mass is 354 g/mol. The molecule has 1 aromatic rings. The molecule has 0 N–H and O–H groups in total. The first-order valence-corrected chi connectivity index (χ1v) is 8.63. The number of amides is 1. The molecule has 136 valence electrons. The highest BCUT2D eigenvalue weighted by atomic mass is 35.5. The Morgan fingerprint density at radius 1 is 1.12 bits per heavy atom. The van der Waals surface area contributed by atoms with E-state index in [0.29, 0.717) is 11.7 Å². The smallest absolute Gasteiger partial charge is 0.415 e. The molecule has 0 bridgehead atoms. The Labute approximate surface area is 152 Å². The van der Waals surface area contributed by atoms with E-state index in [1.54, 1.807) is 0 Å². The molecule has 1 heterocycles. The van der Waals surface area contributed by atoms with Gasteiger partial charge in [-0.25, -0.2) is 4.79 Å². The molecule has 1 aliphatic rings. The van der Waals surface area contributed by atoms with E-state index in [4.69, 9.17) is 4.74 Å². The standard InChI is InChI=1S/C19H31N2O2.ClH/c1-14(2)16-13-17(21(4,5)6)15(3)12-18(16)23-19(22)20-10-8-7-9-11-20;/h12-14H,7-11H2,1-6H3;1H/q+1;/p-1. The summed E-state index contributed by atoms with van der Waals surface area (Å²) in [4.78, 5) is 14.3. The largest absolute Gasteiger partial charge is 1.00 e. The molecule has 0 unspecified atom stereocenters. The second-order valence-corrected chi connectivity index (χ2v) is 7.76. The molecule has 2 rings (SSSR count). The minimum absolute atomic E-state index is 0. The van der Waals surface area contributed by atoms with Crippen molar-refractivity contribution < 1.29 is 21.9 Å². The molecule has 0 radical (unpaired) electrons. The highest BCUT2D eigenvalue weighted by Gasteiger charge is 2.24. The van der Waals surface area contributed by atoms with Gasteiger partial charge in [0.2, 0.25) is 0 Å². The van der Waals surface area contributed by atoms with Gasteiger partial charge in [0.15, 0.2) is 0 Å². The maximum absolute atomic E-state index is 12.4. The summed E-state index contributed by atoms with van der Waals surface area (Å²) in [5.74, 6) is 1.02. The lowest BCUT2D eigenvalue weighted by molar-refractivity contribution is -0.0000113. The van der Waals surface area contributed by atoms with Crippen molar-refractivity contribution in [2.24, 2.45) is 0 Å². The third kappa shape index (κ3) is 4.87. The summed E-state index contributed by atoms with van der Waals surface area (Å²) in [6.07, 6.45) is 3.15. The van der Waals surface area contributed by atoms with Crippen LogP contribution in [0.5, 0.6) is 5.75 Å². The van der Waals surface area contributed by atoms with E-state index < -0.39 is 0 Å². The number of carbonyl (C=O) groups excluding carboxylic acids is 1. The summed E-state index contributed by atoms with van der Waals surface area (Å²) in [7, 11) is 6.48. The van der Waals surface area contributed by atoms with Crippen molar-refractivity contribution in [3.8, 4) is 5.75 Å². The zero-order valence-electron chi connectivity index (χ0n) is 15.9. The number of piperidine rings is 1. The summed E-state index contributed by atoms with van der Waals surface area (Å²) >= 11 is 0. The Morgan fingerprint density at radius 3 is 2.21 bits per heavy atom. The van der Waals surface area contributed by atoms with E-state index in [2.05, 4.69) is 48.0 Å². The first-order chi connectivity index (χ1) is 10.7. The van der Waals surface area contributed by atoms with Crippen molar-refractivity contribution in [1.82, 2.24) is 9.38 Å². The molecular weight excluding hydrogens is 324 g/mol. The van der Waals surface area contributed by atoms with Crippen molar-refractivity contribution in [3.63, 3.8) is 0 Å². The molecular formula is C19H31ClN2O2. The van der Waals surface area contributed by atoms with Crippen molar-refractivity contribution >= 4 is 11.8 Å². The van der Waals surface area contributed by atoms with E-state index in [0.717, 1.165) is 41.5 Å². The van der Waals surface area contributed by atoms with Crippen LogP contribution in [0.3, 0.4) is 0 Å². The van der Waals surface area contributed by atoms with Gasteiger partial charge in [-0.1, -0.05) is 13.8 Å². The van der Waals surface area contributed by atoms with E-state index in [1.807, 2.05) is 11.0 Å². The van der Waals surface area contributed by atoms with Crippen LogP contribution in [-0.4, -0.2) is 45.2 Å². The third-order valence-corrected chi connectivity index (χ3v) is 4.48. The molecule has 0 aliphatic carbocycles. The van der Waals surface area contributed by atoms with Crippen molar-refractivity contribution in [2.75, 3.05) is 34.2 Å². The molecule has 4 nitrogen and oxygen atoms in total. The van der Waals surface area contributed by atoms with Crippen molar-refractivity contribution in [2.45, 2.75) is 46.0 Å². The zero-order chi connectivity index (χ0) is 17.2. The molecule has 1 fully saturated rings. The molecule has 1 saturated heterocycles. The fourth-order valence-corrected chi connectivity index (χ4v) is 3.18. The van der Waals surface area contributed by atoms with E-state index in [-0.39, 0.29) is 18.5 Å². The van der Waals surface area contributed by atoms with E-state index in [1.165, 1.54) is 12.1 Å². The minimum atomic E-state index is -0.205. The average molecular weight is 355 g/mol. The second kappa shape index (κ2) is 8.21. The van der Waals surface area contributed by atoms with Crippen LogP contribution in [0, 0.1) is 6.92 Å². The average Bonchev–Trinajstić information content (AvgIpc) is 2.46. The molecule has 1 aliphatic heterocycles. The SMILES string of the molecule is Cc1cc(OC(=O)N2CCCCC2)c(C(C)C)cc1[N+](C)(C)C.[Cl-]. The molecule has 0 saturated carbocycles. The summed E-state index contributed by atoms with van der Waals surface area (Å²) in [5.41, 5.74) is 3.51. The Kier molecular flexibility index (Phi) is 7.11. The quantitative estimate of drug-likeness (QED) is 0.766. The van der Waals surface area contributed by atoms with Gasteiger partial charge in [0.25, 0.3) is 0 Å². The van der Waals surface area contributed by atoms with Gasteiger partial charge in [-0.05, 0) is 38.2 Å². The lowest BCUT2D eigenvalue weighted by Crippen LogP contribution is -3.00. The number of benzene rings is 1. The Morgan fingerprint density at radius 2 is 1.71 bits per heavy atom. The Hall–Kier alpha value is -1.26. The molecule has 0 atom stereocenters. The number of aryl methyl sites for hydroxylation is 1. The molecule has 1 aromatic carbocycles. The predicted molar refractivity (Wildman–Crippen MR) is 96.3 cm³/mol. The highest BCUT2D eigenvalue weighted by molar-refractivity contribution is 5.72. The van der Waals surface area contributed by atoms with Gasteiger partial charge in [-0.2, -0.15) is 0 Å². The second-order valence-electron chi connectivity index (χ2n) is 7.76. The normalized spacial score (nSPS) is 15.2. The minimum Gasteiger partial charge on any atom is -1.00 e. The van der Waals surface area contributed by atoms with Gasteiger partial charge < -0.3 is 22.0 Å². The van der Waals surface area contributed by atoms with Crippen LogP contribution >= 0.6 is 0 Å². The van der Waals surface area contributed by atoms with Gasteiger partial charge in [-0.3, -0.25) is 4.48 Å². The summed E-state index contributed by atoms with van der Waals surface area (Å²) in [5, 5.41) is 0. The number of hydrogen-bond acceptors (Lipinski definition) is 2. The van der Waals surface area contributed by atoms with Crippen molar-refractivity contribution in [3.05, 3.63) is 23.3 Å². The maximum atomic E-state index is 12.4. The predicted octanol–water partition coefficient (Wildman–Crippen LogP) is 1.30. The first-order valence-electron chi connectivity index (χ1n) is 8.63. The van der Waals surface area contributed by atoms with Crippen molar-refractivity contribution in [1.29, 1.82) is 0 Å². The number of rotatable bonds is 3. The summed E-state index contributed by atoms with van der Waals surface area (Å²) in [6.45, 7) is 7.99. The van der Waals surface area contributed by atoms with Crippen LogP contribution < -0.4 is 21.6 Å². The van der Waals surface area contributed by atoms with Crippen LogP contribution in [0.2, 0.25) is 0 Å². The molecule has 5 heteroatoms. The van der Waals surface area contributed by atoms with E-state index >= 15 is 0 Å². The molecule has 24 heavy (non-hydrogen) atoms. The Balaban J connectivity index is 0.00000288. The summed E-state index contributed by atoms with van der Waals surface area (Å²) < 4.78 is 6.53. The number of ether oxygens (including phenoxy) is 1. The molecule has 0 spiro atoms. The fraction of sp³-hybridized carbons (Fsp3) is 0.632. The number of halogens is 1. The fourth-order valence-electron chi connectivity index (χ4n) is 3.18. The third-order valence-electron chi connectivity index (χ3n) is 4.48. The lowest BCUT2D eigenvalue weighted by Gasteiger charge is -2.29. The van der Waals surface area contributed by atoms with Gasteiger partial charge in [0.1, 0.15) is 11.4 Å². The van der Waals surface area contributed by atoms with Crippen LogP contribution in [0.1, 0.15) is 50.2 Å². The number of likely N-dealkylation sites (tertiary alicyclic amines) is 1. The number of hydrogen-bond donors (Lipinski definition) is 0. The number of quaternary nitrogens is 1. The summed E-state index contributed by atoms with van der Waals surface area (Å²) in [6, 6.07) is 4.22. The van der Waals surface area contributed by atoms with Crippen LogP contribution in [0.25, 0.3) is 0 Å². The van der Waals surface area contributed by atoms with Gasteiger partial charge in [-0.15, -0.1) is 0 Å². The van der Waals surface area contributed by atoms with Gasteiger partial charge in [0, 0.05) is 30.3 Å². The first kappa shape index (κ1) is 20.8. The van der Waals surface area contributed by atoms with Gasteiger partial charge >= 0.3 is 6.09 Å². The van der Waals surface area contributed by atoms with Gasteiger partial charge in [0.05, 0.1) is 21.1 Å². The maximum Gasteiger partial charge on any atom is 0.415 e. The van der Waals surface area contributed by atoms with Crippen LogP contribution in [-0.2, 0) is 0 Å². The molecule has 1 amide bonds. The highest BCUT2D eigenvalue weighted by Crippen LogP contribution is 2.35. The number of carbonyl (C=O) groups is 1. The lowest BCUT2D eigenvalue weighted by atomic mass is 9.98. The topological polar surface area (TPSA) is 29.5 Å². The Bertz CT molecular complexity index is 573. The van der Waals surface area contributed by atoms with Crippen LogP contribution in [0.15, 0.2) is 12.1 Å². The zero-order valence-corrected chi connectivity index (χ0v) is 16.6. The number of nitrogens with zero attached hydrogens (tertiary/aromatic N) is 2. The van der Waals surface area contributed by atoms with Crippen LogP contribution in [0.4, 0.5) is 10.5 Å². The van der Waals surface area contributed by atoms with E-state index in [9.17, 15) is 4.79 Å².